The third kappa shape index (κ3) is 4.63. The molecule has 1 N–H and O–H groups in total. The molecular weight excluding hydrogens is 327 g/mol. The summed E-state index contributed by atoms with van der Waals surface area (Å²) in [7, 11) is 1.82. The summed E-state index contributed by atoms with van der Waals surface area (Å²) in [5, 5.41) is 3.24. The lowest BCUT2D eigenvalue weighted by Gasteiger charge is -2.20. The van der Waals surface area contributed by atoms with E-state index in [9.17, 15) is 4.79 Å². The van der Waals surface area contributed by atoms with E-state index in [0.717, 1.165) is 13.1 Å². The molecule has 3 nitrogen and oxygen atoms in total. The Hall–Kier alpha value is -0.620. The zero-order valence-electron chi connectivity index (χ0n) is 10.5. The maximum atomic E-state index is 11.8. The van der Waals surface area contributed by atoms with E-state index in [0.29, 0.717) is 0 Å². The average molecular weight is 346 g/mol. The molecule has 1 atom stereocenters. The van der Waals surface area contributed by atoms with Crippen LogP contribution in [0.2, 0.25) is 0 Å². The smallest absolute Gasteiger partial charge is 0.239 e. The molecule has 1 amide bonds. The number of rotatable bonds is 5. The predicted octanol–water partition coefficient (Wildman–Crippen LogP) is 2.25. The van der Waals surface area contributed by atoms with E-state index in [-0.39, 0.29) is 11.9 Å². The second-order valence-electron chi connectivity index (χ2n) is 4.08. The predicted molar refractivity (Wildman–Crippen MR) is 78.8 cm³/mol. The molecule has 0 aliphatic heterocycles. The fourth-order valence-corrected chi connectivity index (χ4v) is 1.81. The van der Waals surface area contributed by atoms with Gasteiger partial charge in [-0.1, -0.05) is 12.1 Å². The minimum absolute atomic E-state index is 0.137. The van der Waals surface area contributed by atoms with Crippen molar-refractivity contribution >= 4 is 28.5 Å². The SMILES string of the molecule is CCN(C)C(=O)C(C)NCc1ccc(I)cc1. The number of hydrogen-bond acceptors (Lipinski definition) is 2. The minimum atomic E-state index is -0.140. The lowest BCUT2D eigenvalue weighted by molar-refractivity contribution is -0.131. The number of carbonyl (C=O) groups excluding carboxylic acids is 1. The van der Waals surface area contributed by atoms with Crippen LogP contribution >= 0.6 is 22.6 Å². The first-order valence-corrected chi connectivity index (χ1v) is 6.85. The lowest BCUT2D eigenvalue weighted by Crippen LogP contribution is -2.42. The first-order valence-electron chi connectivity index (χ1n) is 5.77. The molecule has 0 spiro atoms. The first kappa shape index (κ1) is 14.4. The van der Waals surface area contributed by atoms with Crippen LogP contribution in [-0.2, 0) is 11.3 Å². The van der Waals surface area contributed by atoms with Gasteiger partial charge in [0.05, 0.1) is 6.04 Å². The largest absolute Gasteiger partial charge is 0.345 e. The van der Waals surface area contributed by atoms with Crippen molar-refractivity contribution in [3.05, 3.63) is 33.4 Å². The number of benzene rings is 1. The Bertz CT molecular complexity index is 364. The van der Waals surface area contributed by atoms with Crippen molar-refractivity contribution in [3.8, 4) is 0 Å². The summed E-state index contributed by atoms with van der Waals surface area (Å²) in [6.45, 7) is 5.35. The Kier molecular flexibility index (Phi) is 5.91. The number of likely N-dealkylation sites (N-methyl/N-ethyl adjacent to an activating group) is 1. The van der Waals surface area contributed by atoms with Crippen LogP contribution in [-0.4, -0.2) is 30.4 Å². The fourth-order valence-electron chi connectivity index (χ4n) is 1.45. The summed E-state index contributed by atoms with van der Waals surface area (Å²) in [6.07, 6.45) is 0. The maximum absolute atomic E-state index is 11.8. The van der Waals surface area contributed by atoms with Crippen molar-refractivity contribution < 1.29 is 4.79 Å². The summed E-state index contributed by atoms with van der Waals surface area (Å²) < 4.78 is 1.22. The summed E-state index contributed by atoms with van der Waals surface area (Å²) >= 11 is 2.28. The molecule has 1 aromatic carbocycles. The van der Waals surface area contributed by atoms with E-state index >= 15 is 0 Å². The van der Waals surface area contributed by atoms with Gasteiger partial charge in [-0.2, -0.15) is 0 Å². The van der Waals surface area contributed by atoms with Gasteiger partial charge in [0.25, 0.3) is 0 Å². The molecule has 0 aliphatic rings. The molecule has 4 heteroatoms. The molecular formula is C13H19IN2O. The van der Waals surface area contributed by atoms with Gasteiger partial charge >= 0.3 is 0 Å². The van der Waals surface area contributed by atoms with Crippen LogP contribution in [0.15, 0.2) is 24.3 Å². The zero-order chi connectivity index (χ0) is 12.8. The lowest BCUT2D eigenvalue weighted by atomic mass is 10.2. The van der Waals surface area contributed by atoms with Gasteiger partial charge in [-0.15, -0.1) is 0 Å². The summed E-state index contributed by atoms with van der Waals surface area (Å²) in [4.78, 5) is 13.5. The van der Waals surface area contributed by atoms with E-state index in [1.54, 1.807) is 4.90 Å². The highest BCUT2D eigenvalue weighted by Gasteiger charge is 2.15. The van der Waals surface area contributed by atoms with Crippen LogP contribution < -0.4 is 5.32 Å². The second kappa shape index (κ2) is 6.96. The van der Waals surface area contributed by atoms with Crippen molar-refractivity contribution in [3.63, 3.8) is 0 Å². The molecule has 0 aliphatic carbocycles. The molecule has 0 aromatic heterocycles. The Morgan fingerprint density at radius 1 is 1.41 bits per heavy atom. The Morgan fingerprint density at radius 2 is 2.00 bits per heavy atom. The topological polar surface area (TPSA) is 32.3 Å². The van der Waals surface area contributed by atoms with Crippen molar-refractivity contribution in [1.29, 1.82) is 0 Å². The van der Waals surface area contributed by atoms with Gasteiger partial charge in [-0.05, 0) is 54.1 Å². The fraction of sp³-hybridized carbons (Fsp3) is 0.462. The van der Waals surface area contributed by atoms with Gasteiger partial charge in [0.2, 0.25) is 5.91 Å². The van der Waals surface area contributed by atoms with Crippen LogP contribution in [0.4, 0.5) is 0 Å². The van der Waals surface area contributed by atoms with E-state index in [1.165, 1.54) is 9.13 Å². The van der Waals surface area contributed by atoms with Crippen molar-refractivity contribution in [1.82, 2.24) is 10.2 Å². The Morgan fingerprint density at radius 3 is 2.53 bits per heavy atom. The molecule has 94 valence electrons. The van der Waals surface area contributed by atoms with Gasteiger partial charge in [-0.3, -0.25) is 4.79 Å². The summed E-state index contributed by atoms with van der Waals surface area (Å²) in [6, 6.07) is 8.16. The molecule has 0 fully saturated rings. The quantitative estimate of drug-likeness (QED) is 0.830. The Balaban J connectivity index is 2.45. The van der Waals surface area contributed by atoms with Gasteiger partial charge in [-0.25, -0.2) is 0 Å². The molecule has 17 heavy (non-hydrogen) atoms. The highest BCUT2D eigenvalue weighted by molar-refractivity contribution is 14.1. The summed E-state index contributed by atoms with van der Waals surface area (Å²) in [5.41, 5.74) is 1.20. The van der Waals surface area contributed by atoms with Crippen LogP contribution in [0.5, 0.6) is 0 Å². The molecule has 0 radical (unpaired) electrons. The maximum Gasteiger partial charge on any atom is 0.239 e. The molecule has 0 saturated carbocycles. The standard InChI is InChI=1S/C13H19IN2O/c1-4-16(3)13(17)10(2)15-9-11-5-7-12(14)8-6-11/h5-8,10,15H,4,9H2,1-3H3. The average Bonchev–Trinajstić information content (AvgIpc) is 2.35. The van der Waals surface area contributed by atoms with E-state index in [2.05, 4.69) is 52.2 Å². The van der Waals surface area contributed by atoms with Crippen molar-refractivity contribution in [2.45, 2.75) is 26.4 Å². The number of hydrogen-bond donors (Lipinski definition) is 1. The van der Waals surface area contributed by atoms with Crippen molar-refractivity contribution in [2.75, 3.05) is 13.6 Å². The Labute approximate surface area is 117 Å². The van der Waals surface area contributed by atoms with Crippen molar-refractivity contribution in [2.24, 2.45) is 0 Å². The first-order chi connectivity index (χ1) is 8.04. The van der Waals surface area contributed by atoms with E-state index in [1.807, 2.05) is 20.9 Å². The second-order valence-corrected chi connectivity index (χ2v) is 5.33. The molecule has 0 saturated heterocycles. The molecule has 1 unspecified atom stereocenters. The number of halogens is 1. The third-order valence-corrected chi connectivity index (χ3v) is 3.47. The number of amides is 1. The molecule has 0 heterocycles. The third-order valence-electron chi connectivity index (χ3n) is 2.75. The van der Waals surface area contributed by atoms with E-state index in [4.69, 9.17) is 0 Å². The number of nitrogens with one attached hydrogen (secondary N) is 1. The van der Waals surface area contributed by atoms with Gasteiger partial charge in [0.1, 0.15) is 0 Å². The summed E-state index contributed by atoms with van der Waals surface area (Å²) in [5.74, 6) is 0.137. The molecule has 1 aromatic rings. The van der Waals surface area contributed by atoms with Crippen LogP contribution in [0.1, 0.15) is 19.4 Å². The molecule has 1 rings (SSSR count). The minimum Gasteiger partial charge on any atom is -0.345 e. The van der Waals surface area contributed by atoms with Crippen LogP contribution in [0.3, 0.4) is 0 Å². The highest BCUT2D eigenvalue weighted by Crippen LogP contribution is 2.06. The zero-order valence-corrected chi connectivity index (χ0v) is 12.7. The molecule has 0 bridgehead atoms. The normalized spacial score (nSPS) is 12.2. The number of nitrogens with zero attached hydrogens (tertiary/aromatic N) is 1. The number of carbonyl (C=O) groups is 1. The van der Waals surface area contributed by atoms with Gasteiger partial charge < -0.3 is 10.2 Å². The monoisotopic (exact) mass is 346 g/mol. The highest BCUT2D eigenvalue weighted by atomic mass is 127. The van der Waals surface area contributed by atoms with Gasteiger partial charge in [0, 0.05) is 23.7 Å². The van der Waals surface area contributed by atoms with Crippen LogP contribution in [0, 0.1) is 3.57 Å². The van der Waals surface area contributed by atoms with E-state index < -0.39 is 0 Å². The van der Waals surface area contributed by atoms with Crippen LogP contribution in [0.25, 0.3) is 0 Å². The van der Waals surface area contributed by atoms with Gasteiger partial charge in [0.15, 0.2) is 0 Å².